The van der Waals surface area contributed by atoms with Crippen LogP contribution in [0.3, 0.4) is 0 Å². The lowest BCUT2D eigenvalue weighted by Crippen LogP contribution is -2.37. The summed E-state index contributed by atoms with van der Waals surface area (Å²) in [6, 6.07) is 10.5. The summed E-state index contributed by atoms with van der Waals surface area (Å²) in [4.78, 5) is 12.2. The molecule has 0 radical (unpaired) electrons. The van der Waals surface area contributed by atoms with Gasteiger partial charge in [0.1, 0.15) is 5.76 Å². The Kier molecular flexibility index (Phi) is 6.26. The number of nitrogens with one attached hydrogen (secondary N) is 1. The van der Waals surface area contributed by atoms with Crippen LogP contribution in [0.1, 0.15) is 29.0 Å². The molecule has 0 spiro atoms. The van der Waals surface area contributed by atoms with Crippen LogP contribution >= 0.6 is 11.8 Å². The molecular formula is C18H22N2O4S2. The minimum atomic E-state index is -3.23. The summed E-state index contributed by atoms with van der Waals surface area (Å²) in [5.41, 5.74) is 1.15. The third-order valence-corrected chi connectivity index (χ3v) is 6.97. The number of anilines is 1. The Labute approximate surface area is 158 Å². The summed E-state index contributed by atoms with van der Waals surface area (Å²) < 4.78 is 30.9. The van der Waals surface area contributed by atoms with E-state index < -0.39 is 10.0 Å². The first kappa shape index (κ1) is 18.8. The first-order valence-electron chi connectivity index (χ1n) is 8.55. The van der Waals surface area contributed by atoms with Gasteiger partial charge in [0.15, 0.2) is 0 Å². The Morgan fingerprint density at radius 2 is 2.00 bits per heavy atom. The van der Waals surface area contributed by atoms with Crippen molar-refractivity contribution in [1.29, 1.82) is 0 Å². The highest BCUT2D eigenvalue weighted by Crippen LogP contribution is 2.23. The average molecular weight is 395 g/mol. The largest absolute Gasteiger partial charge is 0.468 e. The van der Waals surface area contributed by atoms with Crippen LogP contribution in [0.4, 0.5) is 5.69 Å². The van der Waals surface area contributed by atoms with Crippen molar-refractivity contribution in [2.75, 3.05) is 28.9 Å². The van der Waals surface area contributed by atoms with E-state index in [1.165, 1.54) is 4.31 Å². The predicted octanol–water partition coefficient (Wildman–Crippen LogP) is 2.87. The highest BCUT2D eigenvalue weighted by atomic mass is 32.2. The molecular weight excluding hydrogens is 372 g/mol. The van der Waals surface area contributed by atoms with Crippen LogP contribution in [0.15, 0.2) is 47.1 Å². The Morgan fingerprint density at radius 3 is 2.69 bits per heavy atom. The van der Waals surface area contributed by atoms with Crippen molar-refractivity contribution >= 4 is 33.4 Å². The minimum Gasteiger partial charge on any atom is -0.468 e. The molecule has 26 heavy (non-hydrogen) atoms. The number of furan rings is 1. The van der Waals surface area contributed by atoms with E-state index in [1.807, 2.05) is 12.1 Å². The number of thioether (sulfide) groups is 1. The number of nitrogens with zero attached hydrogens (tertiary/aromatic N) is 1. The lowest BCUT2D eigenvalue weighted by atomic mass is 10.2. The molecule has 0 aliphatic carbocycles. The van der Waals surface area contributed by atoms with Crippen molar-refractivity contribution in [2.24, 2.45) is 0 Å². The standard InChI is InChI=1S/C18H22N2O4S2/c21-18(19-9-12-25-14-17-4-3-11-24-17)15-5-7-16(8-6-15)20-10-1-2-13-26(20,22)23/h3-8,11H,1-2,9-10,12-14H2,(H,19,21). The molecule has 1 N–H and O–H groups in total. The van der Waals surface area contributed by atoms with Gasteiger partial charge in [0.25, 0.3) is 5.91 Å². The van der Waals surface area contributed by atoms with E-state index in [1.54, 1.807) is 42.3 Å². The summed E-state index contributed by atoms with van der Waals surface area (Å²) in [6.45, 7) is 1.06. The van der Waals surface area contributed by atoms with Gasteiger partial charge < -0.3 is 9.73 Å². The van der Waals surface area contributed by atoms with Crippen molar-refractivity contribution in [3.8, 4) is 0 Å². The zero-order chi connectivity index (χ0) is 18.4. The van der Waals surface area contributed by atoms with Gasteiger partial charge in [-0.3, -0.25) is 9.10 Å². The summed E-state index contributed by atoms with van der Waals surface area (Å²) in [5.74, 6) is 2.52. The van der Waals surface area contributed by atoms with Crippen LogP contribution in [-0.2, 0) is 15.8 Å². The lowest BCUT2D eigenvalue weighted by molar-refractivity contribution is 0.0956. The molecule has 1 aliphatic heterocycles. The van der Waals surface area contributed by atoms with Crippen molar-refractivity contribution in [3.05, 3.63) is 54.0 Å². The summed E-state index contributed by atoms with van der Waals surface area (Å²) >= 11 is 1.69. The summed E-state index contributed by atoms with van der Waals surface area (Å²) in [7, 11) is -3.23. The van der Waals surface area contributed by atoms with E-state index in [0.29, 0.717) is 30.8 Å². The van der Waals surface area contributed by atoms with Gasteiger partial charge in [-0.05, 0) is 49.2 Å². The molecule has 1 aromatic carbocycles. The van der Waals surface area contributed by atoms with Crippen molar-refractivity contribution in [3.63, 3.8) is 0 Å². The van der Waals surface area contributed by atoms with Gasteiger partial charge in [-0.25, -0.2) is 8.42 Å². The van der Waals surface area contributed by atoms with E-state index in [2.05, 4.69) is 5.32 Å². The molecule has 1 amide bonds. The predicted molar refractivity (Wildman–Crippen MR) is 104 cm³/mol. The molecule has 2 heterocycles. The van der Waals surface area contributed by atoms with Crippen molar-refractivity contribution < 1.29 is 17.6 Å². The van der Waals surface area contributed by atoms with E-state index >= 15 is 0 Å². The Bertz CT molecular complexity index is 817. The Balaban J connectivity index is 1.47. The fourth-order valence-corrected chi connectivity index (χ4v) is 5.16. The number of carbonyl (C=O) groups is 1. The molecule has 1 saturated heterocycles. The first-order chi connectivity index (χ1) is 12.6. The van der Waals surface area contributed by atoms with E-state index in [9.17, 15) is 13.2 Å². The molecule has 0 unspecified atom stereocenters. The number of sulfonamides is 1. The topological polar surface area (TPSA) is 79.6 Å². The summed E-state index contributed by atoms with van der Waals surface area (Å²) in [5, 5.41) is 2.87. The van der Waals surface area contributed by atoms with Crippen LogP contribution in [0.25, 0.3) is 0 Å². The highest BCUT2D eigenvalue weighted by molar-refractivity contribution is 7.98. The second-order valence-electron chi connectivity index (χ2n) is 6.03. The van der Waals surface area contributed by atoms with Crippen LogP contribution in [0.2, 0.25) is 0 Å². The molecule has 3 rings (SSSR count). The SMILES string of the molecule is O=C(NCCSCc1ccco1)c1ccc(N2CCCCS2(=O)=O)cc1. The number of hydrogen-bond acceptors (Lipinski definition) is 5. The molecule has 0 saturated carbocycles. The van der Waals surface area contributed by atoms with Gasteiger partial charge >= 0.3 is 0 Å². The van der Waals surface area contributed by atoms with Gasteiger partial charge in [0.05, 0.1) is 23.5 Å². The molecule has 0 bridgehead atoms. The third-order valence-electron chi connectivity index (χ3n) is 4.12. The van der Waals surface area contributed by atoms with E-state index in [0.717, 1.165) is 23.7 Å². The second-order valence-corrected chi connectivity index (χ2v) is 9.15. The second kappa shape index (κ2) is 8.64. The quantitative estimate of drug-likeness (QED) is 0.731. The maximum Gasteiger partial charge on any atom is 0.251 e. The number of rotatable bonds is 7. The average Bonchev–Trinajstić information content (AvgIpc) is 3.14. The normalized spacial score (nSPS) is 16.4. The Hall–Kier alpha value is -1.93. The molecule has 2 aromatic rings. The monoisotopic (exact) mass is 394 g/mol. The van der Waals surface area contributed by atoms with Crippen molar-refractivity contribution in [1.82, 2.24) is 5.32 Å². The van der Waals surface area contributed by atoms with Crippen LogP contribution < -0.4 is 9.62 Å². The van der Waals surface area contributed by atoms with Gasteiger partial charge in [-0.2, -0.15) is 11.8 Å². The minimum absolute atomic E-state index is 0.156. The number of hydrogen-bond donors (Lipinski definition) is 1. The molecule has 140 valence electrons. The van der Waals surface area contributed by atoms with E-state index in [4.69, 9.17) is 4.42 Å². The number of carbonyl (C=O) groups excluding carboxylic acids is 1. The maximum atomic E-state index is 12.2. The van der Waals surface area contributed by atoms with Crippen LogP contribution in [0, 0.1) is 0 Å². The smallest absolute Gasteiger partial charge is 0.251 e. The van der Waals surface area contributed by atoms with Gasteiger partial charge in [0, 0.05) is 24.4 Å². The molecule has 1 aliphatic rings. The highest BCUT2D eigenvalue weighted by Gasteiger charge is 2.25. The third kappa shape index (κ3) is 4.82. The molecule has 1 aromatic heterocycles. The summed E-state index contributed by atoms with van der Waals surface area (Å²) in [6.07, 6.45) is 3.21. The lowest BCUT2D eigenvalue weighted by Gasteiger charge is -2.28. The van der Waals surface area contributed by atoms with Gasteiger partial charge in [-0.15, -0.1) is 0 Å². The fraction of sp³-hybridized carbons (Fsp3) is 0.389. The van der Waals surface area contributed by atoms with Crippen LogP contribution in [-0.4, -0.2) is 38.9 Å². The van der Waals surface area contributed by atoms with Crippen molar-refractivity contribution in [2.45, 2.75) is 18.6 Å². The maximum absolute atomic E-state index is 12.2. The van der Waals surface area contributed by atoms with Crippen LogP contribution in [0.5, 0.6) is 0 Å². The first-order valence-corrected chi connectivity index (χ1v) is 11.3. The number of benzene rings is 1. The fourth-order valence-electron chi connectivity index (χ4n) is 2.76. The van der Waals surface area contributed by atoms with E-state index in [-0.39, 0.29) is 11.7 Å². The molecule has 6 nitrogen and oxygen atoms in total. The van der Waals surface area contributed by atoms with Gasteiger partial charge in [-0.1, -0.05) is 0 Å². The van der Waals surface area contributed by atoms with Gasteiger partial charge in [0.2, 0.25) is 10.0 Å². The molecule has 8 heteroatoms. The zero-order valence-electron chi connectivity index (χ0n) is 14.4. The molecule has 1 fully saturated rings. The Morgan fingerprint density at radius 1 is 1.19 bits per heavy atom. The zero-order valence-corrected chi connectivity index (χ0v) is 16.0. The molecule has 0 atom stereocenters. The number of amides is 1.